The van der Waals surface area contributed by atoms with Crippen molar-refractivity contribution in [2.45, 2.75) is 0 Å². The van der Waals surface area contributed by atoms with E-state index in [4.69, 9.17) is 0 Å². The van der Waals surface area contributed by atoms with Crippen LogP contribution in [0.2, 0.25) is 0 Å². The molecule has 0 amide bonds. The maximum atomic E-state index is 2.42. The minimum absolute atomic E-state index is 1.12. The maximum Gasteiger partial charge on any atom is 0.0542 e. The zero-order valence-electron chi connectivity index (χ0n) is 28.4. The highest BCUT2D eigenvalue weighted by Gasteiger charge is 2.32. The summed E-state index contributed by atoms with van der Waals surface area (Å²) < 4.78 is 2.38. The number of hydrogen-bond acceptors (Lipinski definition) is 1. The fourth-order valence-corrected chi connectivity index (χ4v) is 8.73. The lowest BCUT2D eigenvalue weighted by Gasteiger charge is -2.26. The van der Waals surface area contributed by atoms with E-state index < -0.39 is 0 Å². The maximum absolute atomic E-state index is 2.42. The van der Waals surface area contributed by atoms with Crippen molar-refractivity contribution in [2.24, 2.45) is 0 Å². The third-order valence-corrected chi connectivity index (χ3v) is 10.9. The SMILES string of the molecule is c1ccc(N(c2ccc3c(c2)C(=C2c4ccccc4-c4ccccc42)c2ccccc2-3)c2ccc3c(c2)c2ccccc2n3-c2ccccc2)cc1. The summed E-state index contributed by atoms with van der Waals surface area (Å²) in [6, 6.07) is 70.9. The molecule has 52 heavy (non-hydrogen) atoms. The van der Waals surface area contributed by atoms with E-state index in [0.29, 0.717) is 0 Å². The molecular weight excluding hydrogens is 629 g/mol. The van der Waals surface area contributed by atoms with Gasteiger partial charge in [0.1, 0.15) is 0 Å². The van der Waals surface area contributed by atoms with Gasteiger partial charge in [-0.3, -0.25) is 0 Å². The Morgan fingerprint density at radius 2 is 0.750 bits per heavy atom. The first-order valence-corrected chi connectivity index (χ1v) is 17.9. The van der Waals surface area contributed by atoms with Crippen molar-refractivity contribution in [1.82, 2.24) is 4.57 Å². The van der Waals surface area contributed by atoms with E-state index in [9.17, 15) is 0 Å². The molecule has 0 bridgehead atoms. The first-order chi connectivity index (χ1) is 25.8. The van der Waals surface area contributed by atoms with Crippen LogP contribution < -0.4 is 4.90 Å². The van der Waals surface area contributed by atoms with E-state index in [-0.39, 0.29) is 0 Å². The lowest BCUT2D eigenvalue weighted by Crippen LogP contribution is -2.10. The fourth-order valence-electron chi connectivity index (χ4n) is 8.73. The molecule has 0 radical (unpaired) electrons. The summed E-state index contributed by atoms with van der Waals surface area (Å²) in [6.45, 7) is 0. The first kappa shape index (κ1) is 28.9. The predicted molar refractivity (Wildman–Crippen MR) is 218 cm³/mol. The molecule has 0 atom stereocenters. The number of aromatic nitrogens is 1. The van der Waals surface area contributed by atoms with E-state index in [2.05, 4.69) is 204 Å². The van der Waals surface area contributed by atoms with Crippen molar-refractivity contribution < 1.29 is 0 Å². The average Bonchev–Trinajstić information content (AvgIpc) is 3.84. The molecule has 0 spiro atoms. The highest BCUT2D eigenvalue weighted by Crippen LogP contribution is 2.55. The van der Waals surface area contributed by atoms with Crippen molar-refractivity contribution in [3.63, 3.8) is 0 Å². The molecule has 2 heteroatoms. The van der Waals surface area contributed by atoms with Gasteiger partial charge in [-0.2, -0.15) is 0 Å². The number of nitrogens with zero attached hydrogens (tertiary/aromatic N) is 2. The second kappa shape index (κ2) is 11.3. The van der Waals surface area contributed by atoms with Crippen LogP contribution in [0.4, 0.5) is 17.1 Å². The number of anilines is 3. The van der Waals surface area contributed by atoms with Crippen LogP contribution in [0.3, 0.4) is 0 Å². The molecule has 0 saturated heterocycles. The Hall–Kier alpha value is -6.90. The Kier molecular flexibility index (Phi) is 6.28. The zero-order valence-corrected chi connectivity index (χ0v) is 28.4. The highest BCUT2D eigenvalue weighted by molar-refractivity contribution is 6.19. The summed E-state index contributed by atoms with van der Waals surface area (Å²) in [7, 11) is 0. The molecule has 0 aliphatic heterocycles. The monoisotopic (exact) mass is 660 g/mol. The van der Waals surface area contributed by atoms with Gasteiger partial charge in [-0.15, -0.1) is 0 Å². The van der Waals surface area contributed by atoms with Gasteiger partial charge in [0.05, 0.1) is 11.0 Å². The molecule has 1 aromatic heterocycles. The van der Waals surface area contributed by atoms with Crippen molar-refractivity contribution in [3.8, 4) is 27.9 Å². The minimum atomic E-state index is 1.12. The summed E-state index contributed by atoms with van der Waals surface area (Å²) >= 11 is 0. The molecule has 9 aromatic rings. The molecule has 2 nitrogen and oxygen atoms in total. The van der Waals surface area contributed by atoms with Gasteiger partial charge in [0.15, 0.2) is 0 Å². The molecule has 1 heterocycles. The van der Waals surface area contributed by atoms with Gasteiger partial charge in [-0.25, -0.2) is 0 Å². The molecule has 8 aromatic carbocycles. The van der Waals surface area contributed by atoms with E-state index in [1.807, 2.05) is 0 Å². The van der Waals surface area contributed by atoms with E-state index in [0.717, 1.165) is 22.7 Å². The minimum Gasteiger partial charge on any atom is -0.310 e. The van der Waals surface area contributed by atoms with Crippen LogP contribution in [0.5, 0.6) is 0 Å². The number of hydrogen-bond donors (Lipinski definition) is 0. The second-order valence-electron chi connectivity index (χ2n) is 13.7. The fraction of sp³-hybridized carbons (Fsp3) is 0. The predicted octanol–water partition coefficient (Wildman–Crippen LogP) is 13.2. The summed E-state index contributed by atoms with van der Waals surface area (Å²) in [5.41, 5.74) is 19.9. The van der Waals surface area contributed by atoms with Crippen LogP contribution >= 0.6 is 0 Å². The average molecular weight is 661 g/mol. The van der Waals surface area contributed by atoms with Crippen LogP contribution in [0.1, 0.15) is 22.3 Å². The normalized spacial score (nSPS) is 12.5. The van der Waals surface area contributed by atoms with Gasteiger partial charge in [-0.1, -0.05) is 133 Å². The van der Waals surface area contributed by atoms with Crippen molar-refractivity contribution in [3.05, 3.63) is 216 Å². The first-order valence-electron chi connectivity index (χ1n) is 17.9. The van der Waals surface area contributed by atoms with E-state index in [1.54, 1.807) is 0 Å². The zero-order chi connectivity index (χ0) is 34.2. The van der Waals surface area contributed by atoms with Gasteiger partial charge in [0, 0.05) is 33.5 Å². The van der Waals surface area contributed by atoms with E-state index in [1.165, 1.54) is 77.5 Å². The van der Waals surface area contributed by atoms with Gasteiger partial charge in [0.2, 0.25) is 0 Å². The Balaban J connectivity index is 1.16. The lowest BCUT2D eigenvalue weighted by molar-refractivity contribution is 1.18. The van der Waals surface area contributed by atoms with Crippen LogP contribution in [0.15, 0.2) is 194 Å². The van der Waals surface area contributed by atoms with Gasteiger partial charge in [0.25, 0.3) is 0 Å². The lowest BCUT2D eigenvalue weighted by atomic mass is 9.91. The van der Waals surface area contributed by atoms with Crippen LogP contribution in [-0.4, -0.2) is 4.57 Å². The topological polar surface area (TPSA) is 8.17 Å². The quantitative estimate of drug-likeness (QED) is 0.182. The molecule has 0 saturated carbocycles. The summed E-state index contributed by atoms with van der Waals surface area (Å²) in [5.74, 6) is 0. The van der Waals surface area contributed by atoms with Gasteiger partial charge < -0.3 is 9.47 Å². The Morgan fingerprint density at radius 3 is 1.40 bits per heavy atom. The summed E-state index contributed by atoms with van der Waals surface area (Å²) in [6.07, 6.45) is 0. The third-order valence-electron chi connectivity index (χ3n) is 10.9. The standard InChI is InChI=1S/C50H32N2/c1-3-15-33(16-4-1)51(36-28-30-48-45(31-36)41-22-13-14-26-47(41)52(48)34-17-5-2-6-18-34)35-27-29-40-39-21-9-12-25-44(39)50(46(40)32-35)49-42-23-10-7-19-37(42)38-20-8-11-24-43(38)49/h1-32H. The Labute approximate surface area is 302 Å². The molecule has 2 aliphatic carbocycles. The van der Waals surface area contributed by atoms with Gasteiger partial charge >= 0.3 is 0 Å². The molecule has 11 rings (SSSR count). The van der Waals surface area contributed by atoms with Gasteiger partial charge in [-0.05, 0) is 116 Å². The second-order valence-corrected chi connectivity index (χ2v) is 13.7. The third kappa shape index (κ3) is 4.19. The number of para-hydroxylation sites is 3. The Morgan fingerprint density at radius 1 is 0.288 bits per heavy atom. The van der Waals surface area contributed by atoms with Crippen molar-refractivity contribution in [2.75, 3.05) is 4.90 Å². The molecule has 0 N–H and O–H groups in total. The molecule has 2 aliphatic rings. The van der Waals surface area contributed by atoms with Crippen LogP contribution in [0.25, 0.3) is 60.9 Å². The number of benzene rings is 8. The van der Waals surface area contributed by atoms with Crippen LogP contribution in [0, 0.1) is 0 Å². The molecule has 242 valence electrons. The number of fused-ring (bicyclic) bond motifs is 9. The summed E-state index contributed by atoms with van der Waals surface area (Å²) in [4.78, 5) is 2.41. The summed E-state index contributed by atoms with van der Waals surface area (Å²) in [5, 5.41) is 2.47. The van der Waals surface area contributed by atoms with Crippen molar-refractivity contribution >= 4 is 50.0 Å². The molecule has 0 fully saturated rings. The van der Waals surface area contributed by atoms with E-state index >= 15 is 0 Å². The highest BCUT2D eigenvalue weighted by atomic mass is 15.1. The van der Waals surface area contributed by atoms with Crippen LogP contribution in [-0.2, 0) is 0 Å². The Bertz CT molecular complexity index is 2850. The molecular formula is C50H32N2. The molecule has 0 unspecified atom stereocenters. The smallest absolute Gasteiger partial charge is 0.0542 e. The number of rotatable bonds is 4. The van der Waals surface area contributed by atoms with Crippen molar-refractivity contribution in [1.29, 1.82) is 0 Å². The largest absolute Gasteiger partial charge is 0.310 e.